The van der Waals surface area contributed by atoms with Crippen molar-refractivity contribution >= 4 is 5.91 Å². The molecule has 1 aromatic carbocycles. The van der Waals surface area contributed by atoms with Crippen LogP contribution >= 0.6 is 0 Å². The molecule has 0 bridgehead atoms. The Labute approximate surface area is 140 Å². The van der Waals surface area contributed by atoms with E-state index >= 15 is 0 Å². The topological polar surface area (TPSA) is 62.8 Å². The van der Waals surface area contributed by atoms with Crippen LogP contribution < -0.4 is 20.1 Å². The summed E-state index contributed by atoms with van der Waals surface area (Å²) in [7, 11) is 1.34. The van der Waals surface area contributed by atoms with E-state index in [1.54, 1.807) is 6.07 Å². The zero-order chi connectivity index (χ0) is 17.4. The monoisotopic (exact) mass is 343 g/mol. The second-order valence-corrected chi connectivity index (χ2v) is 5.42. The molecular formula is C16H23F2N3O3. The van der Waals surface area contributed by atoms with Gasteiger partial charge < -0.3 is 25.0 Å². The molecule has 6 nitrogen and oxygen atoms in total. The van der Waals surface area contributed by atoms with E-state index in [1.807, 2.05) is 0 Å². The highest BCUT2D eigenvalue weighted by Crippen LogP contribution is 2.32. The summed E-state index contributed by atoms with van der Waals surface area (Å²) >= 11 is 0. The molecule has 1 aliphatic heterocycles. The van der Waals surface area contributed by atoms with Gasteiger partial charge in [0.1, 0.15) is 0 Å². The number of benzene rings is 1. The van der Waals surface area contributed by atoms with Gasteiger partial charge in [-0.3, -0.25) is 4.79 Å². The van der Waals surface area contributed by atoms with Crippen LogP contribution in [0.5, 0.6) is 11.5 Å². The maximum absolute atomic E-state index is 12.6. The van der Waals surface area contributed by atoms with E-state index < -0.39 is 12.5 Å². The summed E-state index contributed by atoms with van der Waals surface area (Å²) in [5, 5.41) is 6.02. The predicted molar refractivity (Wildman–Crippen MR) is 85.9 cm³/mol. The molecular weight excluding hydrogens is 320 g/mol. The van der Waals surface area contributed by atoms with E-state index in [4.69, 9.17) is 4.74 Å². The Morgan fingerprint density at radius 2 is 2.12 bits per heavy atom. The number of alkyl halides is 2. The summed E-state index contributed by atoms with van der Waals surface area (Å²) < 4.78 is 34.6. The lowest BCUT2D eigenvalue weighted by atomic mass is 10.1. The number of carbonyl (C=O) groups excluding carboxylic acids is 1. The lowest BCUT2D eigenvalue weighted by Crippen LogP contribution is -2.44. The quantitative estimate of drug-likeness (QED) is 0.697. The number of carbonyl (C=O) groups is 1. The first-order valence-electron chi connectivity index (χ1n) is 7.95. The van der Waals surface area contributed by atoms with E-state index in [2.05, 4.69) is 20.3 Å². The van der Waals surface area contributed by atoms with Crippen molar-refractivity contribution < 1.29 is 23.0 Å². The molecule has 0 aromatic heterocycles. The zero-order valence-corrected chi connectivity index (χ0v) is 13.7. The Kier molecular flexibility index (Phi) is 7.20. The first-order valence-corrected chi connectivity index (χ1v) is 7.95. The minimum absolute atomic E-state index is 0.0387. The molecule has 0 spiro atoms. The molecule has 1 amide bonds. The third-order valence-corrected chi connectivity index (χ3v) is 3.80. The Balaban J connectivity index is 1.89. The normalized spacial score (nSPS) is 15.3. The van der Waals surface area contributed by atoms with Crippen LogP contribution in [0.1, 0.15) is 16.8 Å². The molecule has 0 unspecified atom stereocenters. The highest BCUT2D eigenvalue weighted by Gasteiger charge is 2.20. The fraction of sp³-hybridized carbons (Fsp3) is 0.562. The van der Waals surface area contributed by atoms with Gasteiger partial charge in [0, 0.05) is 32.7 Å². The number of nitrogens with one attached hydrogen (secondary N) is 2. The molecule has 1 aromatic rings. The van der Waals surface area contributed by atoms with E-state index in [0.717, 1.165) is 39.1 Å². The van der Waals surface area contributed by atoms with Gasteiger partial charge in [-0.05, 0) is 25.1 Å². The van der Waals surface area contributed by atoms with Crippen molar-refractivity contribution in [3.63, 3.8) is 0 Å². The van der Waals surface area contributed by atoms with Crippen LogP contribution in [-0.2, 0) is 0 Å². The number of amides is 1. The maximum Gasteiger partial charge on any atom is 0.387 e. The third-order valence-electron chi connectivity index (χ3n) is 3.80. The van der Waals surface area contributed by atoms with E-state index in [-0.39, 0.29) is 17.1 Å². The van der Waals surface area contributed by atoms with Gasteiger partial charge in [-0.25, -0.2) is 0 Å². The average molecular weight is 343 g/mol. The lowest BCUT2D eigenvalue weighted by Gasteiger charge is -2.27. The first-order chi connectivity index (χ1) is 11.6. The number of rotatable bonds is 8. The molecule has 1 heterocycles. The van der Waals surface area contributed by atoms with Crippen LogP contribution in [0.25, 0.3) is 0 Å². The van der Waals surface area contributed by atoms with Crippen molar-refractivity contribution in [3.05, 3.63) is 23.8 Å². The minimum atomic E-state index is -3.03. The standard InChI is InChI=1S/C16H23F2N3O3/c1-23-13-5-2-4-12(14(13)24-16(17)18)15(22)20-6-3-9-21-10-7-19-8-11-21/h2,4-5,16,19H,3,6-11H2,1H3,(H,20,22). The van der Waals surface area contributed by atoms with Gasteiger partial charge >= 0.3 is 6.61 Å². The number of para-hydroxylation sites is 1. The van der Waals surface area contributed by atoms with Crippen molar-refractivity contribution in [3.8, 4) is 11.5 Å². The second kappa shape index (κ2) is 9.39. The molecule has 1 aliphatic rings. The Morgan fingerprint density at radius 3 is 2.79 bits per heavy atom. The smallest absolute Gasteiger partial charge is 0.387 e. The number of halogens is 2. The van der Waals surface area contributed by atoms with Crippen molar-refractivity contribution in [1.82, 2.24) is 15.5 Å². The van der Waals surface area contributed by atoms with Gasteiger partial charge in [0.2, 0.25) is 0 Å². The van der Waals surface area contributed by atoms with Gasteiger partial charge in [-0.2, -0.15) is 8.78 Å². The molecule has 2 rings (SSSR count). The Morgan fingerprint density at radius 1 is 1.38 bits per heavy atom. The molecule has 24 heavy (non-hydrogen) atoms. The summed E-state index contributed by atoms with van der Waals surface area (Å²) in [6, 6.07) is 4.47. The number of methoxy groups -OCH3 is 1. The van der Waals surface area contributed by atoms with E-state index in [0.29, 0.717) is 6.54 Å². The second-order valence-electron chi connectivity index (χ2n) is 5.42. The van der Waals surface area contributed by atoms with E-state index in [1.165, 1.54) is 19.2 Å². The van der Waals surface area contributed by atoms with Gasteiger partial charge in [-0.1, -0.05) is 6.07 Å². The fourth-order valence-electron chi connectivity index (χ4n) is 2.60. The molecule has 2 N–H and O–H groups in total. The van der Waals surface area contributed by atoms with Crippen molar-refractivity contribution in [2.45, 2.75) is 13.0 Å². The predicted octanol–water partition coefficient (Wildman–Crippen LogP) is 1.32. The molecule has 1 saturated heterocycles. The summed E-state index contributed by atoms with van der Waals surface area (Å²) in [6.07, 6.45) is 0.792. The van der Waals surface area contributed by atoms with Crippen LogP contribution in [0, 0.1) is 0 Å². The summed E-state index contributed by atoms with van der Waals surface area (Å²) in [6.45, 7) is 2.27. The number of piperazine rings is 1. The number of nitrogens with zero attached hydrogens (tertiary/aromatic N) is 1. The number of hydrogen-bond acceptors (Lipinski definition) is 5. The van der Waals surface area contributed by atoms with Gasteiger partial charge in [0.05, 0.1) is 12.7 Å². The first kappa shape index (κ1) is 18.4. The zero-order valence-electron chi connectivity index (χ0n) is 13.7. The molecule has 134 valence electrons. The minimum Gasteiger partial charge on any atom is -0.493 e. The highest BCUT2D eigenvalue weighted by atomic mass is 19.3. The molecule has 0 atom stereocenters. The van der Waals surface area contributed by atoms with Crippen molar-refractivity contribution in [1.29, 1.82) is 0 Å². The van der Waals surface area contributed by atoms with Gasteiger partial charge in [0.15, 0.2) is 11.5 Å². The van der Waals surface area contributed by atoms with Crippen LogP contribution in [0.4, 0.5) is 8.78 Å². The SMILES string of the molecule is COc1cccc(C(=O)NCCCN2CCNCC2)c1OC(F)F. The van der Waals surface area contributed by atoms with Crippen molar-refractivity contribution in [2.75, 3.05) is 46.4 Å². The Hall–Kier alpha value is -1.93. The van der Waals surface area contributed by atoms with Crippen LogP contribution in [-0.4, -0.2) is 63.8 Å². The fourth-order valence-corrected chi connectivity index (χ4v) is 2.60. The maximum atomic E-state index is 12.6. The van der Waals surface area contributed by atoms with Crippen molar-refractivity contribution in [2.24, 2.45) is 0 Å². The number of ether oxygens (including phenoxy) is 2. The summed E-state index contributed by atoms with van der Waals surface area (Å²) in [5.41, 5.74) is 0.0387. The lowest BCUT2D eigenvalue weighted by molar-refractivity contribution is -0.0515. The average Bonchev–Trinajstić information content (AvgIpc) is 2.59. The third kappa shape index (κ3) is 5.31. The van der Waals surface area contributed by atoms with Crippen LogP contribution in [0.3, 0.4) is 0 Å². The summed E-state index contributed by atoms with van der Waals surface area (Å²) in [5.74, 6) is -0.594. The Bertz CT molecular complexity index is 537. The van der Waals surface area contributed by atoms with Gasteiger partial charge in [-0.15, -0.1) is 0 Å². The largest absolute Gasteiger partial charge is 0.493 e. The van der Waals surface area contributed by atoms with Crippen LogP contribution in [0.15, 0.2) is 18.2 Å². The van der Waals surface area contributed by atoms with Crippen LogP contribution in [0.2, 0.25) is 0 Å². The molecule has 8 heteroatoms. The molecule has 0 radical (unpaired) electrons. The molecule has 1 fully saturated rings. The van der Waals surface area contributed by atoms with E-state index in [9.17, 15) is 13.6 Å². The summed E-state index contributed by atoms with van der Waals surface area (Å²) in [4.78, 5) is 14.6. The van der Waals surface area contributed by atoms with Gasteiger partial charge in [0.25, 0.3) is 5.91 Å². The molecule has 0 aliphatic carbocycles. The number of hydrogen-bond donors (Lipinski definition) is 2. The highest BCUT2D eigenvalue weighted by molar-refractivity contribution is 5.97. The molecule has 0 saturated carbocycles.